The number of aromatic nitrogens is 9. The molecule has 1 aromatic carbocycles. The fourth-order valence-corrected chi connectivity index (χ4v) is 7.00. The first-order chi connectivity index (χ1) is 23.8. The molecule has 0 N–H and O–H groups in total. The number of benzene rings is 1. The van der Waals surface area contributed by atoms with Gasteiger partial charge in [0.2, 0.25) is 0 Å². The van der Waals surface area contributed by atoms with E-state index in [1.165, 1.54) is 49.7 Å². The molecule has 0 fully saturated rings. The third-order valence-electron chi connectivity index (χ3n) is 7.91. The van der Waals surface area contributed by atoms with Crippen LogP contribution in [0.2, 0.25) is 0 Å². The number of oxazole rings is 1. The average Bonchev–Trinajstić information content (AvgIpc) is 3.93. The summed E-state index contributed by atoms with van der Waals surface area (Å²) in [5.41, 5.74) is 10.1. The molecule has 7 aromatic rings. The SMILES string of the molecule is Cc1nc(C)c(C)o1.Cc1nc(C)n(C)c1C.Cc1nc2c(C)c(C)c(C)c(C)c2s1.Cc1nccs1.Cc1nnc(C)s1.Cc1nsc(C)n1. The van der Waals surface area contributed by atoms with Gasteiger partial charge in [-0.1, -0.05) is 0 Å². The maximum Gasteiger partial charge on any atom is 0.191 e. The van der Waals surface area contributed by atoms with Crippen molar-refractivity contribution in [3.63, 3.8) is 0 Å². The van der Waals surface area contributed by atoms with Gasteiger partial charge in [0, 0.05) is 31.2 Å². The van der Waals surface area contributed by atoms with Gasteiger partial charge >= 0.3 is 0 Å². The Hall–Kier alpha value is -3.72. The van der Waals surface area contributed by atoms with Crippen LogP contribution in [-0.4, -0.2) is 44.1 Å². The molecule has 0 aliphatic carbocycles. The summed E-state index contributed by atoms with van der Waals surface area (Å²) in [7, 11) is 2.03. The van der Waals surface area contributed by atoms with Crippen LogP contribution in [0.15, 0.2) is 16.0 Å². The smallest absolute Gasteiger partial charge is 0.191 e. The summed E-state index contributed by atoms with van der Waals surface area (Å²) < 4.78 is 12.5. The molecule has 0 saturated carbocycles. The zero-order valence-electron chi connectivity index (χ0n) is 33.2. The summed E-state index contributed by atoms with van der Waals surface area (Å²) >= 11 is 6.53. The Morgan fingerprint density at radius 2 is 1.20 bits per heavy atom. The van der Waals surface area contributed by atoms with Gasteiger partial charge in [-0.25, -0.2) is 19.9 Å². The molecule has 10 nitrogen and oxygen atoms in total. The normalized spacial score (nSPS) is 10.1. The van der Waals surface area contributed by atoms with E-state index >= 15 is 0 Å². The second-order valence-corrected chi connectivity index (χ2v) is 16.6. The fourth-order valence-electron chi connectivity index (χ4n) is 4.45. The Bertz CT molecular complexity index is 1940. The third kappa shape index (κ3) is 13.7. The molecule has 0 radical (unpaired) electrons. The largest absolute Gasteiger partial charge is 0.446 e. The molecule has 0 atom stereocenters. The number of hydrogen-bond donors (Lipinski definition) is 0. The second-order valence-electron chi connectivity index (χ2n) is 11.9. The van der Waals surface area contributed by atoms with Crippen LogP contribution in [-0.2, 0) is 7.05 Å². The van der Waals surface area contributed by atoms with E-state index in [9.17, 15) is 0 Å². The highest BCUT2D eigenvalue weighted by Gasteiger charge is 2.12. The highest BCUT2D eigenvalue weighted by atomic mass is 32.1. The lowest BCUT2D eigenvalue weighted by Gasteiger charge is -2.09. The minimum atomic E-state index is 0.750. The Balaban J connectivity index is 0.000000218. The fraction of sp³-hybridized carbons (Fsp3) is 0.459. The first kappa shape index (κ1) is 43.4. The quantitative estimate of drug-likeness (QED) is 0.148. The molecule has 6 heterocycles. The minimum Gasteiger partial charge on any atom is -0.446 e. The van der Waals surface area contributed by atoms with E-state index in [0.29, 0.717) is 0 Å². The van der Waals surface area contributed by atoms with Gasteiger partial charge in [-0.3, -0.25) is 4.98 Å². The van der Waals surface area contributed by atoms with Crippen molar-refractivity contribution in [1.29, 1.82) is 0 Å². The van der Waals surface area contributed by atoms with Gasteiger partial charge in [0.05, 0.1) is 31.6 Å². The van der Waals surface area contributed by atoms with E-state index in [-0.39, 0.29) is 0 Å². The van der Waals surface area contributed by atoms with Crippen molar-refractivity contribution in [2.24, 2.45) is 7.05 Å². The van der Waals surface area contributed by atoms with Crippen molar-refractivity contribution in [3.05, 3.63) is 99.3 Å². The van der Waals surface area contributed by atoms with Crippen LogP contribution in [0.5, 0.6) is 0 Å². The van der Waals surface area contributed by atoms with E-state index in [2.05, 4.69) is 85.6 Å². The van der Waals surface area contributed by atoms with E-state index in [4.69, 9.17) is 4.42 Å². The number of rotatable bonds is 0. The Morgan fingerprint density at radius 3 is 1.47 bits per heavy atom. The minimum absolute atomic E-state index is 0.750. The van der Waals surface area contributed by atoms with E-state index in [0.717, 1.165) is 59.7 Å². The van der Waals surface area contributed by atoms with Crippen LogP contribution in [0, 0.1) is 111 Å². The van der Waals surface area contributed by atoms with Crippen LogP contribution in [0.3, 0.4) is 0 Å². The average molecular weight is 768 g/mol. The Kier molecular flexibility index (Phi) is 17.3. The second kappa shape index (κ2) is 20.4. The summed E-state index contributed by atoms with van der Waals surface area (Å²) in [5.74, 6) is 3.63. The number of hydrogen-bond acceptors (Lipinski definition) is 13. The topological polar surface area (TPSA) is 121 Å². The predicted octanol–water partition coefficient (Wildman–Crippen LogP) is 10.5. The summed E-state index contributed by atoms with van der Waals surface area (Å²) in [6.07, 6.45) is 1.81. The highest BCUT2D eigenvalue weighted by Crippen LogP contribution is 2.32. The first-order valence-corrected chi connectivity index (χ1v) is 19.7. The van der Waals surface area contributed by atoms with Crippen molar-refractivity contribution in [1.82, 2.24) is 44.1 Å². The van der Waals surface area contributed by atoms with Gasteiger partial charge in [0.25, 0.3) is 0 Å². The summed E-state index contributed by atoms with van der Waals surface area (Å²) in [6.45, 7) is 32.4. The Labute approximate surface area is 319 Å². The van der Waals surface area contributed by atoms with Crippen LogP contribution in [0.4, 0.5) is 0 Å². The molecule has 0 aliphatic rings. The van der Waals surface area contributed by atoms with Gasteiger partial charge in [-0.2, -0.15) is 4.37 Å². The maximum absolute atomic E-state index is 5.10. The molecule has 276 valence electrons. The maximum atomic E-state index is 5.10. The number of fused-ring (bicyclic) bond motifs is 1. The molecule has 0 unspecified atom stereocenters. The van der Waals surface area contributed by atoms with Gasteiger partial charge in [-0.15, -0.1) is 44.2 Å². The lowest BCUT2D eigenvalue weighted by molar-refractivity contribution is 0.493. The lowest BCUT2D eigenvalue weighted by Crippen LogP contribution is -1.92. The molecule has 0 amide bonds. The molecule has 0 spiro atoms. The van der Waals surface area contributed by atoms with Gasteiger partial charge in [-0.05, 0) is 138 Å². The van der Waals surface area contributed by atoms with Crippen LogP contribution in [0.25, 0.3) is 10.2 Å². The molecular weight excluding hydrogens is 715 g/mol. The lowest BCUT2D eigenvalue weighted by atomic mass is 9.99. The molecule has 6 aromatic heterocycles. The third-order valence-corrected chi connectivity index (χ3v) is 11.2. The van der Waals surface area contributed by atoms with E-state index in [1.807, 2.05) is 81.7 Å². The molecule has 14 heteroatoms. The van der Waals surface area contributed by atoms with Crippen molar-refractivity contribution < 1.29 is 4.42 Å². The zero-order chi connectivity index (χ0) is 38.6. The monoisotopic (exact) mass is 767 g/mol. The molecule has 0 bridgehead atoms. The van der Waals surface area contributed by atoms with Crippen LogP contribution < -0.4 is 0 Å². The van der Waals surface area contributed by atoms with Crippen molar-refractivity contribution in [3.8, 4) is 0 Å². The summed E-state index contributed by atoms with van der Waals surface area (Å²) in [4.78, 5) is 20.9. The first-order valence-electron chi connectivity index (χ1n) is 16.4. The Morgan fingerprint density at radius 1 is 0.588 bits per heavy atom. The predicted molar refractivity (Wildman–Crippen MR) is 217 cm³/mol. The van der Waals surface area contributed by atoms with Crippen LogP contribution in [0.1, 0.15) is 87.7 Å². The van der Waals surface area contributed by atoms with Gasteiger partial charge in [0.1, 0.15) is 32.4 Å². The molecule has 0 aliphatic heterocycles. The van der Waals surface area contributed by atoms with Gasteiger partial charge in [0.15, 0.2) is 5.89 Å². The summed E-state index contributed by atoms with van der Waals surface area (Å²) in [5, 5.41) is 15.0. The number of aryl methyl sites for hydroxylation is 13. The van der Waals surface area contributed by atoms with Crippen molar-refractivity contribution in [2.75, 3.05) is 0 Å². The number of nitrogens with zero attached hydrogens (tertiary/aromatic N) is 9. The number of imidazole rings is 1. The molecule has 51 heavy (non-hydrogen) atoms. The summed E-state index contributed by atoms with van der Waals surface area (Å²) in [6, 6.07) is 0. The molecule has 7 rings (SSSR count). The van der Waals surface area contributed by atoms with Crippen LogP contribution >= 0.6 is 45.5 Å². The molecule has 0 saturated heterocycles. The number of thiazole rings is 2. The standard InChI is InChI=1S/C12H15NS.C7H12N2.C6H9NO.2C4H6N2S.C4H5NS/c1-6-7(2)9(4)12-11(8(6)3)13-10(5)14-12;1-5-6(2)9(4)7(3)8-5;1-4-5(2)8-6(3)7-4;1-3-5-6-4(2)7-3;1-3-5-4(2)7-6-3;1-4-5-2-3-6-4/h1-5H3;1-4H3;1-3H3;2*1-2H3;2-3H,1H3. The van der Waals surface area contributed by atoms with E-state index in [1.54, 1.807) is 40.2 Å². The van der Waals surface area contributed by atoms with Crippen molar-refractivity contribution in [2.45, 2.75) is 111 Å². The molecular formula is C37H53N9OS4. The highest BCUT2D eigenvalue weighted by molar-refractivity contribution is 7.18. The van der Waals surface area contributed by atoms with Crippen molar-refractivity contribution >= 4 is 55.8 Å². The van der Waals surface area contributed by atoms with E-state index < -0.39 is 0 Å². The van der Waals surface area contributed by atoms with Gasteiger partial charge < -0.3 is 8.98 Å². The zero-order valence-corrected chi connectivity index (χ0v) is 36.5.